The Kier molecular flexibility index (Phi) is 5.53. The van der Waals surface area contributed by atoms with Crippen molar-refractivity contribution in [2.24, 2.45) is 5.92 Å². The average Bonchev–Trinajstić information content (AvgIpc) is 2.65. The Morgan fingerprint density at radius 2 is 1.94 bits per heavy atom. The third-order valence-corrected chi connectivity index (χ3v) is 2.74. The van der Waals surface area contributed by atoms with Crippen LogP contribution in [0.15, 0.2) is 18.5 Å². The summed E-state index contributed by atoms with van der Waals surface area (Å²) >= 11 is 0. The van der Waals surface area contributed by atoms with Crippen LogP contribution in [0.3, 0.4) is 0 Å². The fraction of sp³-hybridized carbons (Fsp3) is 0.769. The Morgan fingerprint density at radius 1 is 1.19 bits per heavy atom. The van der Waals surface area contributed by atoms with Crippen LogP contribution >= 0.6 is 0 Å². The molecule has 1 aromatic rings. The summed E-state index contributed by atoms with van der Waals surface area (Å²) in [4.78, 5) is 0. The van der Waals surface area contributed by atoms with E-state index in [1.165, 1.54) is 6.42 Å². The monoisotopic (exact) mass is 223 g/mol. The van der Waals surface area contributed by atoms with Crippen LogP contribution in [0.25, 0.3) is 0 Å². The maximum atomic E-state index is 4.20. The zero-order valence-corrected chi connectivity index (χ0v) is 11.0. The predicted octanol–water partition coefficient (Wildman–Crippen LogP) is 2.69. The van der Waals surface area contributed by atoms with Gasteiger partial charge in [-0.1, -0.05) is 13.8 Å². The van der Waals surface area contributed by atoms with Crippen molar-refractivity contribution in [2.45, 2.75) is 59.2 Å². The van der Waals surface area contributed by atoms with Gasteiger partial charge in [-0.3, -0.25) is 4.68 Å². The van der Waals surface area contributed by atoms with Crippen LogP contribution in [0, 0.1) is 5.92 Å². The highest BCUT2D eigenvalue weighted by molar-refractivity contribution is 4.78. The quantitative estimate of drug-likeness (QED) is 0.770. The molecule has 0 radical (unpaired) electrons. The van der Waals surface area contributed by atoms with E-state index >= 15 is 0 Å². The molecule has 2 atom stereocenters. The molecule has 0 aromatic carbocycles. The van der Waals surface area contributed by atoms with E-state index in [-0.39, 0.29) is 0 Å². The Bertz CT molecular complexity index is 267. The molecule has 2 unspecified atom stereocenters. The minimum atomic E-state index is 0.554. The molecule has 0 fully saturated rings. The van der Waals surface area contributed by atoms with Crippen LogP contribution in [0.2, 0.25) is 0 Å². The minimum absolute atomic E-state index is 0.554. The van der Waals surface area contributed by atoms with Crippen LogP contribution in [0.5, 0.6) is 0 Å². The fourth-order valence-electron chi connectivity index (χ4n) is 2.10. The van der Waals surface area contributed by atoms with Crippen molar-refractivity contribution in [1.82, 2.24) is 15.1 Å². The standard InChI is InChI=1S/C13H25N3/c1-11(2)10-13(4)15-12(3)6-9-16-8-5-7-14-16/h5,7-8,11-13,15H,6,9-10H2,1-4H3. The van der Waals surface area contributed by atoms with E-state index in [1.54, 1.807) is 0 Å². The Hall–Kier alpha value is -0.830. The first-order chi connectivity index (χ1) is 7.58. The third-order valence-electron chi connectivity index (χ3n) is 2.74. The van der Waals surface area contributed by atoms with Gasteiger partial charge < -0.3 is 5.32 Å². The summed E-state index contributed by atoms with van der Waals surface area (Å²) in [5.41, 5.74) is 0. The molecule has 1 heterocycles. The number of nitrogens with zero attached hydrogens (tertiary/aromatic N) is 2. The average molecular weight is 223 g/mol. The summed E-state index contributed by atoms with van der Waals surface area (Å²) in [6, 6.07) is 3.13. The van der Waals surface area contributed by atoms with E-state index in [0.29, 0.717) is 12.1 Å². The van der Waals surface area contributed by atoms with Crippen LogP contribution in [0.4, 0.5) is 0 Å². The molecule has 0 spiro atoms. The van der Waals surface area contributed by atoms with Crippen LogP contribution < -0.4 is 5.32 Å². The lowest BCUT2D eigenvalue weighted by Crippen LogP contribution is -2.36. The van der Waals surface area contributed by atoms with Crippen LogP contribution in [-0.2, 0) is 6.54 Å². The van der Waals surface area contributed by atoms with E-state index in [1.807, 2.05) is 23.1 Å². The van der Waals surface area contributed by atoms with Gasteiger partial charge in [-0.05, 0) is 38.7 Å². The normalized spacial score (nSPS) is 15.3. The molecule has 0 saturated heterocycles. The summed E-state index contributed by atoms with van der Waals surface area (Å²) in [6.45, 7) is 10.1. The van der Waals surface area contributed by atoms with Gasteiger partial charge in [0.05, 0.1) is 0 Å². The van der Waals surface area contributed by atoms with Gasteiger partial charge >= 0.3 is 0 Å². The fourth-order valence-corrected chi connectivity index (χ4v) is 2.10. The second-order valence-corrected chi connectivity index (χ2v) is 5.16. The summed E-state index contributed by atoms with van der Waals surface area (Å²) in [7, 11) is 0. The van der Waals surface area contributed by atoms with E-state index in [2.05, 4.69) is 38.1 Å². The molecule has 1 rings (SSSR count). The molecule has 3 nitrogen and oxygen atoms in total. The van der Waals surface area contributed by atoms with E-state index < -0.39 is 0 Å². The zero-order chi connectivity index (χ0) is 12.0. The highest BCUT2D eigenvalue weighted by Gasteiger charge is 2.08. The lowest BCUT2D eigenvalue weighted by molar-refractivity contribution is 0.374. The third kappa shape index (κ3) is 5.31. The molecule has 0 aliphatic heterocycles. The van der Waals surface area contributed by atoms with E-state index in [4.69, 9.17) is 0 Å². The first-order valence-corrected chi connectivity index (χ1v) is 6.31. The van der Waals surface area contributed by atoms with Gasteiger partial charge in [0.2, 0.25) is 0 Å². The molecular formula is C13H25N3. The summed E-state index contributed by atoms with van der Waals surface area (Å²) in [5, 5.41) is 7.84. The van der Waals surface area contributed by atoms with Crippen molar-refractivity contribution in [3.05, 3.63) is 18.5 Å². The molecule has 0 amide bonds. The maximum absolute atomic E-state index is 4.20. The highest BCUT2D eigenvalue weighted by atomic mass is 15.3. The first kappa shape index (κ1) is 13.2. The minimum Gasteiger partial charge on any atom is -0.312 e. The summed E-state index contributed by atoms with van der Waals surface area (Å²) in [5.74, 6) is 0.765. The molecule has 1 N–H and O–H groups in total. The Balaban J connectivity index is 2.17. The second kappa shape index (κ2) is 6.69. The molecule has 0 aliphatic rings. The Labute approximate surface area is 99.2 Å². The number of aromatic nitrogens is 2. The summed E-state index contributed by atoms with van der Waals surface area (Å²) < 4.78 is 1.99. The molecule has 0 aliphatic carbocycles. The largest absolute Gasteiger partial charge is 0.312 e. The molecular weight excluding hydrogens is 198 g/mol. The topological polar surface area (TPSA) is 29.9 Å². The number of aryl methyl sites for hydroxylation is 1. The van der Waals surface area contributed by atoms with Crippen LogP contribution in [0.1, 0.15) is 40.5 Å². The number of nitrogens with one attached hydrogen (secondary N) is 1. The van der Waals surface area contributed by atoms with E-state index in [0.717, 1.165) is 18.9 Å². The zero-order valence-electron chi connectivity index (χ0n) is 11.0. The number of rotatable bonds is 7. The molecule has 3 heteroatoms. The number of hydrogen-bond acceptors (Lipinski definition) is 2. The molecule has 0 bridgehead atoms. The first-order valence-electron chi connectivity index (χ1n) is 6.31. The summed E-state index contributed by atoms with van der Waals surface area (Å²) in [6.07, 6.45) is 6.22. The lowest BCUT2D eigenvalue weighted by Gasteiger charge is -2.21. The van der Waals surface area contributed by atoms with Gasteiger partial charge in [0, 0.05) is 31.0 Å². The van der Waals surface area contributed by atoms with Crippen molar-refractivity contribution in [2.75, 3.05) is 0 Å². The van der Waals surface area contributed by atoms with Crippen molar-refractivity contribution in [3.63, 3.8) is 0 Å². The van der Waals surface area contributed by atoms with E-state index in [9.17, 15) is 0 Å². The smallest absolute Gasteiger partial charge is 0.0489 e. The molecule has 1 aromatic heterocycles. The van der Waals surface area contributed by atoms with Gasteiger partial charge in [-0.25, -0.2) is 0 Å². The Morgan fingerprint density at radius 3 is 2.50 bits per heavy atom. The highest BCUT2D eigenvalue weighted by Crippen LogP contribution is 2.06. The number of hydrogen-bond donors (Lipinski definition) is 1. The SMILES string of the molecule is CC(C)CC(C)NC(C)CCn1cccn1. The van der Waals surface area contributed by atoms with Crippen molar-refractivity contribution in [1.29, 1.82) is 0 Å². The van der Waals surface area contributed by atoms with Gasteiger partial charge in [-0.2, -0.15) is 5.10 Å². The van der Waals surface area contributed by atoms with Crippen LogP contribution in [-0.4, -0.2) is 21.9 Å². The van der Waals surface area contributed by atoms with Crippen molar-refractivity contribution >= 4 is 0 Å². The van der Waals surface area contributed by atoms with Gasteiger partial charge in [0.1, 0.15) is 0 Å². The lowest BCUT2D eigenvalue weighted by atomic mass is 10.0. The second-order valence-electron chi connectivity index (χ2n) is 5.16. The molecule has 16 heavy (non-hydrogen) atoms. The van der Waals surface area contributed by atoms with Gasteiger partial charge in [0.25, 0.3) is 0 Å². The van der Waals surface area contributed by atoms with Gasteiger partial charge in [0.15, 0.2) is 0 Å². The molecule has 0 saturated carbocycles. The maximum Gasteiger partial charge on any atom is 0.0489 e. The van der Waals surface area contributed by atoms with Crippen molar-refractivity contribution < 1.29 is 0 Å². The predicted molar refractivity (Wildman–Crippen MR) is 68.4 cm³/mol. The van der Waals surface area contributed by atoms with Crippen molar-refractivity contribution in [3.8, 4) is 0 Å². The molecule has 92 valence electrons. The van der Waals surface area contributed by atoms with Gasteiger partial charge in [-0.15, -0.1) is 0 Å².